The molecule has 0 saturated carbocycles. The van der Waals surface area contributed by atoms with Crippen LogP contribution in [0.4, 0.5) is 5.69 Å². The number of benzene rings is 1. The first kappa shape index (κ1) is 15.4. The minimum Gasteiger partial charge on any atom is -0.322 e. The maximum absolute atomic E-state index is 12.5. The van der Waals surface area contributed by atoms with Crippen molar-refractivity contribution in [1.82, 2.24) is 14.8 Å². The molecule has 3 rings (SSSR count). The van der Waals surface area contributed by atoms with E-state index in [0.717, 1.165) is 21.4 Å². The summed E-state index contributed by atoms with van der Waals surface area (Å²) in [6.07, 6.45) is 3.26. The first-order chi connectivity index (χ1) is 11.1. The molecule has 0 atom stereocenters. The third kappa shape index (κ3) is 3.17. The van der Waals surface area contributed by atoms with Crippen molar-refractivity contribution in [3.8, 4) is 5.82 Å². The predicted octanol–water partition coefficient (Wildman–Crippen LogP) is 3.90. The molecular weight excluding hydrogens is 356 g/mol. The lowest BCUT2D eigenvalue weighted by atomic mass is 10.2. The van der Waals surface area contributed by atoms with Gasteiger partial charge in [-0.2, -0.15) is 5.10 Å². The number of carbonyl (C=O) groups excluding carboxylic acids is 1. The number of aryl methyl sites for hydroxylation is 1. The van der Waals surface area contributed by atoms with Crippen LogP contribution < -0.4 is 5.32 Å². The van der Waals surface area contributed by atoms with Gasteiger partial charge in [0.1, 0.15) is 0 Å². The van der Waals surface area contributed by atoms with Crippen molar-refractivity contribution in [3.63, 3.8) is 0 Å². The molecule has 1 aromatic carbocycles. The first-order valence-corrected chi connectivity index (χ1v) is 7.89. The van der Waals surface area contributed by atoms with Gasteiger partial charge in [0.25, 0.3) is 5.91 Å². The molecule has 0 fully saturated rings. The van der Waals surface area contributed by atoms with Gasteiger partial charge < -0.3 is 5.32 Å². The Morgan fingerprint density at radius 2 is 2.04 bits per heavy atom. The summed E-state index contributed by atoms with van der Waals surface area (Å²) in [6.45, 7) is 3.83. The Labute approximate surface area is 142 Å². The topological polar surface area (TPSA) is 59.8 Å². The summed E-state index contributed by atoms with van der Waals surface area (Å²) in [5, 5.41) is 7.16. The number of hydrogen-bond acceptors (Lipinski definition) is 3. The van der Waals surface area contributed by atoms with Crippen molar-refractivity contribution in [3.05, 3.63) is 70.1 Å². The molecule has 1 amide bonds. The largest absolute Gasteiger partial charge is 0.322 e. The first-order valence-electron chi connectivity index (χ1n) is 7.10. The van der Waals surface area contributed by atoms with Crippen LogP contribution in [0.5, 0.6) is 0 Å². The van der Waals surface area contributed by atoms with Crippen molar-refractivity contribution >= 4 is 27.5 Å². The maximum Gasteiger partial charge on any atom is 0.259 e. The minimum absolute atomic E-state index is 0.189. The Morgan fingerprint density at radius 3 is 2.74 bits per heavy atom. The van der Waals surface area contributed by atoms with E-state index in [1.54, 1.807) is 17.1 Å². The second-order valence-corrected chi connectivity index (χ2v) is 6.02. The van der Waals surface area contributed by atoms with Crippen LogP contribution in [-0.4, -0.2) is 20.7 Å². The fourth-order valence-corrected chi connectivity index (χ4v) is 2.51. The lowest BCUT2D eigenvalue weighted by Gasteiger charge is -2.07. The SMILES string of the molecule is Cc1cc(NC(=O)c2cnn(-c3ccccn3)c2C)ccc1Br. The van der Waals surface area contributed by atoms with Gasteiger partial charge in [0.15, 0.2) is 5.82 Å². The molecule has 2 heterocycles. The van der Waals surface area contributed by atoms with Gasteiger partial charge in [-0.25, -0.2) is 9.67 Å². The summed E-state index contributed by atoms with van der Waals surface area (Å²) in [5.74, 6) is 0.495. The van der Waals surface area contributed by atoms with E-state index in [1.165, 1.54) is 0 Å². The highest BCUT2D eigenvalue weighted by atomic mass is 79.9. The number of carbonyl (C=O) groups is 1. The zero-order valence-corrected chi connectivity index (χ0v) is 14.3. The van der Waals surface area contributed by atoms with Crippen LogP contribution in [0.1, 0.15) is 21.6 Å². The standard InChI is InChI=1S/C17H15BrN4O/c1-11-9-13(6-7-15(11)18)21-17(23)14-10-20-22(12(14)2)16-5-3-4-8-19-16/h3-10H,1-2H3,(H,21,23). The summed E-state index contributed by atoms with van der Waals surface area (Å²) in [6, 6.07) is 11.3. The minimum atomic E-state index is -0.189. The zero-order chi connectivity index (χ0) is 16.4. The molecule has 0 aliphatic heterocycles. The predicted molar refractivity (Wildman–Crippen MR) is 92.9 cm³/mol. The molecule has 0 bridgehead atoms. The second kappa shape index (κ2) is 6.34. The van der Waals surface area contributed by atoms with Crippen molar-refractivity contribution in [2.45, 2.75) is 13.8 Å². The molecule has 0 spiro atoms. The molecule has 116 valence electrons. The maximum atomic E-state index is 12.5. The molecule has 2 aromatic heterocycles. The van der Waals surface area contributed by atoms with E-state index < -0.39 is 0 Å². The fraction of sp³-hybridized carbons (Fsp3) is 0.118. The van der Waals surface area contributed by atoms with E-state index in [4.69, 9.17) is 0 Å². The van der Waals surface area contributed by atoms with Crippen LogP contribution in [0.15, 0.2) is 53.3 Å². The van der Waals surface area contributed by atoms with Gasteiger partial charge in [0.05, 0.1) is 17.5 Å². The number of aromatic nitrogens is 3. The summed E-state index contributed by atoms with van der Waals surface area (Å²) >= 11 is 3.45. The third-order valence-corrected chi connectivity index (χ3v) is 4.43. The van der Waals surface area contributed by atoms with Crippen molar-refractivity contribution in [1.29, 1.82) is 0 Å². The molecule has 0 aliphatic carbocycles. The number of nitrogens with one attached hydrogen (secondary N) is 1. The summed E-state index contributed by atoms with van der Waals surface area (Å²) in [7, 11) is 0. The van der Waals surface area contributed by atoms with Crippen LogP contribution in [0.2, 0.25) is 0 Å². The Kier molecular flexibility index (Phi) is 4.25. The molecular formula is C17H15BrN4O. The second-order valence-electron chi connectivity index (χ2n) is 5.16. The van der Waals surface area contributed by atoms with Crippen molar-refractivity contribution < 1.29 is 4.79 Å². The van der Waals surface area contributed by atoms with Gasteiger partial charge >= 0.3 is 0 Å². The van der Waals surface area contributed by atoms with Crippen molar-refractivity contribution in [2.75, 3.05) is 5.32 Å². The van der Waals surface area contributed by atoms with Crippen molar-refractivity contribution in [2.24, 2.45) is 0 Å². The van der Waals surface area contributed by atoms with Gasteiger partial charge in [-0.1, -0.05) is 22.0 Å². The third-order valence-electron chi connectivity index (χ3n) is 3.54. The van der Waals surface area contributed by atoms with Crippen LogP contribution >= 0.6 is 15.9 Å². The molecule has 6 heteroatoms. The number of amides is 1. The van der Waals surface area contributed by atoms with Gasteiger partial charge in [-0.05, 0) is 49.7 Å². The molecule has 23 heavy (non-hydrogen) atoms. The summed E-state index contributed by atoms with van der Waals surface area (Å²) in [4.78, 5) is 16.7. The molecule has 3 aromatic rings. The van der Waals surface area contributed by atoms with E-state index >= 15 is 0 Å². The number of halogens is 1. The molecule has 0 unspecified atom stereocenters. The number of nitrogens with zero attached hydrogens (tertiary/aromatic N) is 3. The van der Waals surface area contributed by atoms with E-state index in [1.807, 2.05) is 50.2 Å². The quantitative estimate of drug-likeness (QED) is 0.760. The average Bonchev–Trinajstić information content (AvgIpc) is 2.93. The molecule has 0 saturated heterocycles. The van der Waals surface area contributed by atoms with Crippen LogP contribution in [0, 0.1) is 13.8 Å². The van der Waals surface area contributed by atoms with Crippen LogP contribution in [0.25, 0.3) is 5.82 Å². The number of pyridine rings is 1. The van der Waals surface area contributed by atoms with E-state index in [9.17, 15) is 4.79 Å². The molecule has 0 aliphatic rings. The number of hydrogen-bond donors (Lipinski definition) is 1. The van der Waals surface area contributed by atoms with Gasteiger partial charge in [0, 0.05) is 16.4 Å². The summed E-state index contributed by atoms with van der Waals surface area (Å²) < 4.78 is 2.66. The highest BCUT2D eigenvalue weighted by Crippen LogP contribution is 2.21. The Balaban J connectivity index is 1.86. The number of anilines is 1. The normalized spacial score (nSPS) is 10.6. The lowest BCUT2D eigenvalue weighted by molar-refractivity contribution is 0.102. The van der Waals surface area contributed by atoms with E-state index in [2.05, 4.69) is 31.3 Å². The Bertz CT molecular complexity index is 858. The van der Waals surface area contributed by atoms with E-state index in [0.29, 0.717) is 11.4 Å². The average molecular weight is 371 g/mol. The smallest absolute Gasteiger partial charge is 0.259 e. The molecule has 0 radical (unpaired) electrons. The summed E-state index contributed by atoms with van der Waals surface area (Å²) in [5.41, 5.74) is 3.08. The fourth-order valence-electron chi connectivity index (χ4n) is 2.26. The van der Waals surface area contributed by atoms with Crippen LogP contribution in [-0.2, 0) is 0 Å². The number of rotatable bonds is 3. The zero-order valence-electron chi connectivity index (χ0n) is 12.7. The molecule has 5 nitrogen and oxygen atoms in total. The Hall–Kier alpha value is -2.47. The highest BCUT2D eigenvalue weighted by molar-refractivity contribution is 9.10. The van der Waals surface area contributed by atoms with E-state index in [-0.39, 0.29) is 5.91 Å². The lowest BCUT2D eigenvalue weighted by Crippen LogP contribution is -2.13. The Morgan fingerprint density at radius 1 is 1.22 bits per heavy atom. The highest BCUT2D eigenvalue weighted by Gasteiger charge is 2.16. The molecule has 1 N–H and O–H groups in total. The monoisotopic (exact) mass is 370 g/mol. The van der Waals surface area contributed by atoms with Crippen LogP contribution in [0.3, 0.4) is 0 Å². The van der Waals surface area contributed by atoms with Gasteiger partial charge in [-0.3, -0.25) is 4.79 Å². The van der Waals surface area contributed by atoms with Gasteiger partial charge in [0.2, 0.25) is 0 Å². The van der Waals surface area contributed by atoms with Gasteiger partial charge in [-0.15, -0.1) is 0 Å².